The van der Waals surface area contributed by atoms with E-state index < -0.39 is 0 Å². The Morgan fingerprint density at radius 2 is 1.79 bits per heavy atom. The van der Waals surface area contributed by atoms with Crippen LogP contribution < -0.4 is 16.0 Å². The largest absolute Gasteiger partial charge is 0.497 e. The van der Waals surface area contributed by atoms with Gasteiger partial charge in [0.05, 0.1) is 23.2 Å². The van der Waals surface area contributed by atoms with Gasteiger partial charge >= 0.3 is 0 Å². The van der Waals surface area contributed by atoms with Crippen LogP contribution in [0.4, 0.5) is 0 Å². The summed E-state index contributed by atoms with van der Waals surface area (Å²) in [6, 6.07) is 12.9. The second-order valence-corrected chi connectivity index (χ2v) is 4.80. The molecule has 0 fully saturated rings. The first-order chi connectivity index (χ1) is 9.17. The molecule has 0 spiro atoms. The van der Waals surface area contributed by atoms with Crippen molar-refractivity contribution >= 4 is 23.2 Å². The fourth-order valence-corrected chi connectivity index (χ4v) is 2.32. The van der Waals surface area contributed by atoms with E-state index in [1.165, 1.54) is 0 Å². The Morgan fingerprint density at radius 1 is 1.11 bits per heavy atom. The van der Waals surface area contributed by atoms with Gasteiger partial charge in [0.1, 0.15) is 5.75 Å². The normalized spacial score (nSPS) is 12.2. The number of hydrogen-bond donors (Lipinski definition) is 2. The summed E-state index contributed by atoms with van der Waals surface area (Å²) in [5, 5.41) is 1.01. The monoisotopic (exact) mass is 296 g/mol. The number of halogens is 2. The Kier molecular flexibility index (Phi) is 4.66. The number of benzene rings is 2. The summed E-state index contributed by atoms with van der Waals surface area (Å²) in [6.07, 6.45) is 0. The van der Waals surface area contributed by atoms with Crippen molar-refractivity contribution in [3.05, 3.63) is 63.6 Å². The molecule has 3 nitrogen and oxygen atoms in total. The lowest BCUT2D eigenvalue weighted by Gasteiger charge is -2.19. The number of rotatable bonds is 4. The van der Waals surface area contributed by atoms with Gasteiger partial charge in [-0.3, -0.25) is 5.84 Å². The van der Waals surface area contributed by atoms with Crippen LogP contribution in [0.1, 0.15) is 17.2 Å². The topological polar surface area (TPSA) is 47.3 Å². The molecule has 0 heterocycles. The molecule has 0 aliphatic rings. The summed E-state index contributed by atoms with van der Waals surface area (Å²) >= 11 is 12.3. The molecule has 2 aromatic rings. The molecule has 0 radical (unpaired) electrons. The fraction of sp³-hybridized carbons (Fsp3) is 0.143. The van der Waals surface area contributed by atoms with Crippen LogP contribution in [0.3, 0.4) is 0 Å². The van der Waals surface area contributed by atoms with Gasteiger partial charge in [-0.15, -0.1) is 0 Å². The molecule has 0 aliphatic heterocycles. The van der Waals surface area contributed by atoms with Gasteiger partial charge in [0.2, 0.25) is 0 Å². The number of ether oxygens (including phenoxy) is 1. The molecule has 0 bridgehead atoms. The maximum absolute atomic E-state index is 6.22. The highest BCUT2D eigenvalue weighted by molar-refractivity contribution is 6.42. The Hall–Kier alpha value is -1.26. The highest BCUT2D eigenvalue weighted by atomic mass is 35.5. The molecule has 0 saturated carbocycles. The van der Waals surface area contributed by atoms with Crippen LogP contribution in [0.15, 0.2) is 42.5 Å². The van der Waals surface area contributed by atoms with Gasteiger partial charge in [0.25, 0.3) is 0 Å². The molecule has 5 heteroatoms. The predicted octanol–water partition coefficient (Wildman–Crippen LogP) is 3.55. The maximum atomic E-state index is 6.22. The van der Waals surface area contributed by atoms with Crippen LogP contribution in [0.2, 0.25) is 10.0 Å². The second-order valence-electron chi connectivity index (χ2n) is 4.02. The molecule has 0 saturated heterocycles. The van der Waals surface area contributed by atoms with E-state index in [0.29, 0.717) is 10.0 Å². The quantitative estimate of drug-likeness (QED) is 0.670. The van der Waals surface area contributed by atoms with E-state index >= 15 is 0 Å². The van der Waals surface area contributed by atoms with Crippen molar-refractivity contribution in [2.24, 2.45) is 5.84 Å². The summed E-state index contributed by atoms with van der Waals surface area (Å²) in [5.41, 5.74) is 4.57. The second kappa shape index (κ2) is 6.26. The van der Waals surface area contributed by atoms with Gasteiger partial charge in [0, 0.05) is 0 Å². The van der Waals surface area contributed by atoms with Crippen molar-refractivity contribution < 1.29 is 4.74 Å². The van der Waals surface area contributed by atoms with Gasteiger partial charge in [0.15, 0.2) is 0 Å². The first-order valence-electron chi connectivity index (χ1n) is 5.71. The third-order valence-corrected chi connectivity index (χ3v) is 3.74. The number of hydrazine groups is 1. The molecule has 0 aliphatic carbocycles. The van der Waals surface area contributed by atoms with Crippen molar-refractivity contribution in [1.29, 1.82) is 0 Å². The SMILES string of the molecule is COc1ccc(C(NN)c2cccc(Cl)c2Cl)cc1. The number of methoxy groups -OCH3 is 1. The summed E-state index contributed by atoms with van der Waals surface area (Å²) < 4.78 is 5.13. The third kappa shape index (κ3) is 3.01. The van der Waals surface area contributed by atoms with Gasteiger partial charge in [-0.1, -0.05) is 47.5 Å². The first-order valence-corrected chi connectivity index (χ1v) is 6.47. The minimum absolute atomic E-state index is 0.225. The van der Waals surface area contributed by atoms with Crippen molar-refractivity contribution in [3.8, 4) is 5.75 Å². The van der Waals surface area contributed by atoms with Crippen molar-refractivity contribution in [2.75, 3.05) is 7.11 Å². The fourth-order valence-electron chi connectivity index (χ4n) is 1.91. The standard InChI is InChI=1S/C14H14Cl2N2O/c1-19-10-7-5-9(6-8-10)14(18-17)11-3-2-4-12(15)13(11)16/h2-8,14,18H,17H2,1H3. The lowest BCUT2D eigenvalue weighted by atomic mass is 9.99. The number of hydrogen-bond acceptors (Lipinski definition) is 3. The first kappa shape index (κ1) is 14.2. The van der Waals surface area contributed by atoms with Crippen LogP contribution in [-0.4, -0.2) is 7.11 Å². The molecule has 2 rings (SSSR count). The molecule has 2 aromatic carbocycles. The molecule has 19 heavy (non-hydrogen) atoms. The molecular formula is C14H14Cl2N2O. The lowest BCUT2D eigenvalue weighted by Crippen LogP contribution is -2.29. The highest BCUT2D eigenvalue weighted by Crippen LogP contribution is 2.33. The zero-order chi connectivity index (χ0) is 13.8. The van der Waals surface area contributed by atoms with E-state index in [-0.39, 0.29) is 6.04 Å². The van der Waals surface area contributed by atoms with E-state index in [9.17, 15) is 0 Å². The molecule has 1 unspecified atom stereocenters. The summed E-state index contributed by atoms with van der Waals surface area (Å²) in [4.78, 5) is 0. The predicted molar refractivity (Wildman–Crippen MR) is 78.6 cm³/mol. The van der Waals surface area contributed by atoms with E-state index in [4.69, 9.17) is 33.8 Å². The van der Waals surface area contributed by atoms with E-state index in [1.54, 1.807) is 13.2 Å². The van der Waals surface area contributed by atoms with Gasteiger partial charge in [-0.25, -0.2) is 5.43 Å². The molecule has 0 amide bonds. The molecular weight excluding hydrogens is 283 g/mol. The van der Waals surface area contributed by atoms with Crippen molar-refractivity contribution in [2.45, 2.75) is 6.04 Å². The van der Waals surface area contributed by atoms with Gasteiger partial charge in [-0.2, -0.15) is 0 Å². The minimum atomic E-state index is -0.225. The summed E-state index contributed by atoms with van der Waals surface area (Å²) in [5.74, 6) is 6.43. The van der Waals surface area contributed by atoms with Gasteiger partial charge in [-0.05, 0) is 29.3 Å². The van der Waals surface area contributed by atoms with Crippen molar-refractivity contribution in [3.63, 3.8) is 0 Å². The average Bonchev–Trinajstić information content (AvgIpc) is 2.45. The number of nitrogens with one attached hydrogen (secondary N) is 1. The van der Waals surface area contributed by atoms with Crippen LogP contribution in [0, 0.1) is 0 Å². The molecule has 1 atom stereocenters. The smallest absolute Gasteiger partial charge is 0.118 e. The van der Waals surface area contributed by atoms with E-state index in [1.807, 2.05) is 36.4 Å². The molecule has 100 valence electrons. The highest BCUT2D eigenvalue weighted by Gasteiger charge is 2.17. The molecule has 3 N–H and O–H groups in total. The Morgan fingerprint density at radius 3 is 2.37 bits per heavy atom. The van der Waals surface area contributed by atoms with Crippen LogP contribution in [-0.2, 0) is 0 Å². The number of nitrogens with two attached hydrogens (primary N) is 1. The summed E-state index contributed by atoms with van der Waals surface area (Å²) in [7, 11) is 1.63. The Bertz CT molecular complexity index is 558. The molecule has 0 aromatic heterocycles. The van der Waals surface area contributed by atoms with Crippen molar-refractivity contribution in [1.82, 2.24) is 5.43 Å². The van der Waals surface area contributed by atoms with Gasteiger partial charge < -0.3 is 4.74 Å². The Balaban J connectivity index is 2.40. The third-order valence-electron chi connectivity index (χ3n) is 2.91. The Labute approximate surface area is 122 Å². The lowest BCUT2D eigenvalue weighted by molar-refractivity contribution is 0.414. The summed E-state index contributed by atoms with van der Waals surface area (Å²) in [6.45, 7) is 0. The van der Waals surface area contributed by atoms with Crippen LogP contribution >= 0.6 is 23.2 Å². The zero-order valence-corrected chi connectivity index (χ0v) is 11.9. The van der Waals surface area contributed by atoms with Crippen LogP contribution in [0.5, 0.6) is 5.75 Å². The van der Waals surface area contributed by atoms with E-state index in [2.05, 4.69) is 5.43 Å². The zero-order valence-electron chi connectivity index (χ0n) is 10.4. The van der Waals surface area contributed by atoms with E-state index in [0.717, 1.165) is 16.9 Å². The maximum Gasteiger partial charge on any atom is 0.118 e. The van der Waals surface area contributed by atoms with Crippen LogP contribution in [0.25, 0.3) is 0 Å². The average molecular weight is 297 g/mol. The minimum Gasteiger partial charge on any atom is -0.497 e.